The molecule has 1 atom stereocenters. The van der Waals surface area contributed by atoms with Crippen LogP contribution < -0.4 is 10.2 Å². The molecule has 0 bridgehead atoms. The minimum Gasteiger partial charge on any atom is -0.352 e. The van der Waals surface area contributed by atoms with Gasteiger partial charge >= 0.3 is 0 Å². The first-order valence-electron chi connectivity index (χ1n) is 10.9. The van der Waals surface area contributed by atoms with Gasteiger partial charge in [0.05, 0.1) is 5.69 Å². The van der Waals surface area contributed by atoms with Gasteiger partial charge in [-0.05, 0) is 31.7 Å². The fraction of sp³-hybridized carbons (Fsp3) is 0.522. The zero-order valence-electron chi connectivity index (χ0n) is 17.8. The van der Waals surface area contributed by atoms with E-state index < -0.39 is 0 Å². The van der Waals surface area contributed by atoms with E-state index in [9.17, 15) is 9.59 Å². The number of hydrogen-bond acceptors (Lipinski definition) is 5. The summed E-state index contributed by atoms with van der Waals surface area (Å²) in [6.45, 7) is 7.76. The molecular weight excluding hydrogens is 396 g/mol. The molecule has 0 saturated carbocycles. The van der Waals surface area contributed by atoms with Gasteiger partial charge in [-0.1, -0.05) is 36.8 Å². The number of rotatable bonds is 5. The minimum atomic E-state index is 0.0228. The van der Waals surface area contributed by atoms with Crippen LogP contribution in [-0.4, -0.2) is 47.9 Å². The smallest absolute Gasteiger partial charge is 0.223 e. The summed E-state index contributed by atoms with van der Waals surface area (Å²) in [7, 11) is 0. The average Bonchev–Trinajstić information content (AvgIpc) is 3.20. The van der Waals surface area contributed by atoms with E-state index in [4.69, 9.17) is 4.98 Å². The van der Waals surface area contributed by atoms with Gasteiger partial charge < -0.3 is 15.1 Å². The molecule has 1 aromatic carbocycles. The lowest BCUT2D eigenvalue weighted by Gasteiger charge is -2.34. The summed E-state index contributed by atoms with van der Waals surface area (Å²) in [5.74, 6) is 0.394. The highest BCUT2D eigenvalue weighted by Gasteiger charge is 2.29. The van der Waals surface area contributed by atoms with Gasteiger partial charge in [-0.25, -0.2) is 4.98 Å². The molecule has 1 aliphatic carbocycles. The van der Waals surface area contributed by atoms with Gasteiger partial charge in [0.15, 0.2) is 5.13 Å². The van der Waals surface area contributed by atoms with Crippen molar-refractivity contribution in [2.75, 3.05) is 31.1 Å². The highest BCUT2D eigenvalue weighted by Crippen LogP contribution is 2.34. The van der Waals surface area contributed by atoms with Crippen LogP contribution in [0.3, 0.4) is 0 Å². The van der Waals surface area contributed by atoms with Crippen molar-refractivity contribution in [3.8, 4) is 0 Å². The molecule has 1 unspecified atom stereocenters. The molecule has 7 heteroatoms. The predicted octanol–water partition coefficient (Wildman–Crippen LogP) is 2.93. The summed E-state index contributed by atoms with van der Waals surface area (Å²) >= 11 is 1.73. The van der Waals surface area contributed by atoms with Gasteiger partial charge in [0, 0.05) is 49.9 Å². The molecule has 30 heavy (non-hydrogen) atoms. The second-order valence-electron chi connectivity index (χ2n) is 8.23. The Bertz CT molecular complexity index is 918. The lowest BCUT2D eigenvalue weighted by Crippen LogP contribution is -2.48. The fourth-order valence-electron chi connectivity index (χ4n) is 4.25. The molecule has 1 N–H and O–H groups in total. The quantitative estimate of drug-likeness (QED) is 0.798. The number of benzene rings is 1. The molecule has 2 amide bonds. The molecule has 1 saturated heterocycles. The van der Waals surface area contributed by atoms with Crippen molar-refractivity contribution in [1.82, 2.24) is 15.2 Å². The Kier molecular flexibility index (Phi) is 6.37. The number of thiazole rings is 1. The van der Waals surface area contributed by atoms with Crippen molar-refractivity contribution in [3.63, 3.8) is 0 Å². The number of carbonyl (C=O) groups excluding carboxylic acids is 2. The number of nitrogens with one attached hydrogen (secondary N) is 1. The molecular formula is C23H30N4O2S. The maximum absolute atomic E-state index is 12.7. The summed E-state index contributed by atoms with van der Waals surface area (Å²) in [6.07, 6.45) is 3.07. The van der Waals surface area contributed by atoms with Gasteiger partial charge in [-0.15, -0.1) is 11.3 Å². The number of aryl methyl sites for hydroxylation is 2. The van der Waals surface area contributed by atoms with Crippen LogP contribution in [0.15, 0.2) is 24.3 Å². The summed E-state index contributed by atoms with van der Waals surface area (Å²) in [6, 6.07) is 8.26. The Morgan fingerprint density at radius 1 is 1.23 bits per heavy atom. The Morgan fingerprint density at radius 2 is 2.03 bits per heavy atom. The Hall–Kier alpha value is -2.41. The number of hydrogen-bond donors (Lipinski definition) is 1. The second kappa shape index (κ2) is 9.16. The number of carbonyl (C=O) groups is 2. The first-order chi connectivity index (χ1) is 14.5. The summed E-state index contributed by atoms with van der Waals surface area (Å²) in [4.78, 5) is 35.0. The van der Waals surface area contributed by atoms with E-state index in [-0.39, 0.29) is 17.7 Å². The molecule has 2 aromatic rings. The van der Waals surface area contributed by atoms with E-state index in [1.54, 1.807) is 11.3 Å². The minimum absolute atomic E-state index is 0.0228. The zero-order valence-corrected chi connectivity index (χ0v) is 18.6. The van der Waals surface area contributed by atoms with Crippen LogP contribution in [0.1, 0.15) is 41.5 Å². The molecule has 0 radical (unpaired) electrons. The van der Waals surface area contributed by atoms with Gasteiger partial charge in [0.2, 0.25) is 11.8 Å². The maximum Gasteiger partial charge on any atom is 0.223 e. The highest BCUT2D eigenvalue weighted by atomic mass is 32.1. The molecule has 2 heterocycles. The number of aromatic nitrogens is 1. The number of piperazine rings is 1. The molecule has 1 fully saturated rings. The van der Waals surface area contributed by atoms with Crippen molar-refractivity contribution >= 4 is 28.3 Å². The van der Waals surface area contributed by atoms with Crippen LogP contribution in [0.4, 0.5) is 5.13 Å². The van der Waals surface area contributed by atoms with Gasteiger partial charge in [0.25, 0.3) is 0 Å². The molecule has 2 aliphatic rings. The lowest BCUT2D eigenvalue weighted by atomic mass is 9.90. The first kappa shape index (κ1) is 20.8. The molecule has 1 aliphatic heterocycles. The summed E-state index contributed by atoms with van der Waals surface area (Å²) in [5.41, 5.74) is 3.51. The predicted molar refractivity (Wildman–Crippen MR) is 120 cm³/mol. The number of anilines is 1. The number of fused-ring (bicyclic) bond motifs is 1. The van der Waals surface area contributed by atoms with E-state index in [0.717, 1.165) is 61.8 Å². The molecule has 0 spiro atoms. The van der Waals surface area contributed by atoms with Crippen LogP contribution in [0.25, 0.3) is 0 Å². The van der Waals surface area contributed by atoms with E-state index in [0.29, 0.717) is 13.0 Å². The van der Waals surface area contributed by atoms with Crippen LogP contribution >= 0.6 is 11.3 Å². The Morgan fingerprint density at radius 3 is 2.77 bits per heavy atom. The topological polar surface area (TPSA) is 65.5 Å². The third kappa shape index (κ3) is 4.67. The molecule has 4 rings (SSSR count). The monoisotopic (exact) mass is 426 g/mol. The second-order valence-corrected chi connectivity index (χ2v) is 9.30. The van der Waals surface area contributed by atoms with Crippen molar-refractivity contribution in [2.45, 2.75) is 46.1 Å². The molecule has 1 aromatic heterocycles. The van der Waals surface area contributed by atoms with Crippen molar-refractivity contribution in [1.29, 1.82) is 0 Å². The normalized spacial score (nSPS) is 18.8. The lowest BCUT2D eigenvalue weighted by molar-refractivity contribution is -0.131. The zero-order chi connectivity index (χ0) is 21.1. The van der Waals surface area contributed by atoms with Crippen molar-refractivity contribution < 1.29 is 9.59 Å². The SMILES string of the molecule is CCC(=O)N1CCN(c2nc3c(s2)CC(C(=O)NCc2cccc(C)c2)CC3)CC1. The van der Waals surface area contributed by atoms with E-state index in [1.807, 2.05) is 17.9 Å². The van der Waals surface area contributed by atoms with Crippen molar-refractivity contribution in [2.24, 2.45) is 5.92 Å². The van der Waals surface area contributed by atoms with E-state index >= 15 is 0 Å². The third-order valence-electron chi connectivity index (χ3n) is 6.05. The Labute approximate surface area is 182 Å². The van der Waals surface area contributed by atoms with Gasteiger partial charge in [0.1, 0.15) is 0 Å². The van der Waals surface area contributed by atoms with Crippen LogP contribution in [0, 0.1) is 12.8 Å². The summed E-state index contributed by atoms with van der Waals surface area (Å²) in [5, 5.41) is 4.16. The number of nitrogens with zero attached hydrogens (tertiary/aromatic N) is 3. The standard InChI is InChI=1S/C23H30N4O2S/c1-3-21(28)26-9-11-27(12-10-26)23-25-19-8-7-18(14-20(19)30-23)22(29)24-15-17-6-4-5-16(2)13-17/h4-6,13,18H,3,7-12,14-15H2,1-2H3,(H,24,29). The summed E-state index contributed by atoms with van der Waals surface area (Å²) < 4.78 is 0. The Balaban J connectivity index is 1.33. The van der Waals surface area contributed by atoms with Gasteiger partial charge in [-0.2, -0.15) is 0 Å². The number of amides is 2. The van der Waals surface area contributed by atoms with E-state index in [2.05, 4.69) is 35.3 Å². The van der Waals surface area contributed by atoms with Crippen LogP contribution in [-0.2, 0) is 29.0 Å². The third-order valence-corrected chi connectivity index (χ3v) is 7.23. The van der Waals surface area contributed by atoms with Crippen molar-refractivity contribution in [3.05, 3.63) is 46.0 Å². The fourth-order valence-corrected chi connectivity index (χ4v) is 5.48. The van der Waals surface area contributed by atoms with E-state index in [1.165, 1.54) is 10.4 Å². The van der Waals surface area contributed by atoms with Crippen LogP contribution in [0.2, 0.25) is 0 Å². The molecule has 6 nitrogen and oxygen atoms in total. The van der Waals surface area contributed by atoms with Gasteiger partial charge in [-0.3, -0.25) is 9.59 Å². The first-order valence-corrected chi connectivity index (χ1v) is 11.7. The maximum atomic E-state index is 12.7. The highest BCUT2D eigenvalue weighted by molar-refractivity contribution is 7.15. The average molecular weight is 427 g/mol. The van der Waals surface area contributed by atoms with Crippen LogP contribution in [0.5, 0.6) is 0 Å². The largest absolute Gasteiger partial charge is 0.352 e. The molecule has 160 valence electrons.